The fourth-order valence-electron chi connectivity index (χ4n) is 3.72. The number of H-pyrrole nitrogens is 1. The topological polar surface area (TPSA) is 101 Å². The Morgan fingerprint density at radius 1 is 1.16 bits per heavy atom. The molecule has 7 nitrogen and oxygen atoms in total. The second kappa shape index (κ2) is 7.77. The number of aromatic amines is 1. The van der Waals surface area contributed by atoms with E-state index >= 15 is 0 Å². The molecule has 0 saturated carbocycles. The summed E-state index contributed by atoms with van der Waals surface area (Å²) in [6, 6.07) is 5.90. The van der Waals surface area contributed by atoms with Gasteiger partial charge in [-0.2, -0.15) is 5.26 Å². The highest BCUT2D eigenvalue weighted by Crippen LogP contribution is 2.32. The minimum atomic E-state index is -1.14. The largest absolute Gasteiger partial charge is 0.324 e. The average Bonchev–Trinajstić information content (AvgIpc) is 2.75. The maximum absolute atomic E-state index is 14.0. The number of aromatic nitrogens is 1. The van der Waals surface area contributed by atoms with E-state index in [0.29, 0.717) is 17.8 Å². The highest BCUT2D eigenvalue weighted by molar-refractivity contribution is 5.91. The van der Waals surface area contributed by atoms with Crippen molar-refractivity contribution >= 4 is 22.5 Å². The van der Waals surface area contributed by atoms with Crippen molar-refractivity contribution in [3.05, 3.63) is 75.0 Å². The Morgan fingerprint density at radius 2 is 1.87 bits per heavy atom. The molecular formula is C21H16F3N5O2. The lowest BCUT2D eigenvalue weighted by atomic mass is 9.94. The standard InChI is InChI=1S/C21H16F3N5O2/c1-29(21(31)27-11-2-3-14(22)10(4-11)7-25)18-9-26-8-17-19(18)12-5-15(23)16(24)6-13(12)20(30)28-17/h2-6,18,26H,8-9H2,1H3,(H,27,31)(H,28,30). The lowest BCUT2D eigenvalue weighted by molar-refractivity contribution is 0.200. The first-order valence-corrected chi connectivity index (χ1v) is 9.28. The molecule has 0 spiro atoms. The van der Waals surface area contributed by atoms with Crippen LogP contribution in [0.25, 0.3) is 10.8 Å². The molecular weight excluding hydrogens is 411 g/mol. The number of benzene rings is 2. The summed E-state index contributed by atoms with van der Waals surface area (Å²) in [5.74, 6) is -2.94. The molecule has 0 radical (unpaired) electrons. The van der Waals surface area contributed by atoms with Gasteiger partial charge in [0.1, 0.15) is 11.9 Å². The second-order valence-electron chi connectivity index (χ2n) is 7.15. The molecule has 1 atom stereocenters. The Balaban J connectivity index is 1.73. The van der Waals surface area contributed by atoms with Crippen molar-refractivity contribution in [3.8, 4) is 6.07 Å². The zero-order chi connectivity index (χ0) is 22.3. The van der Waals surface area contributed by atoms with Crippen LogP contribution in [0.1, 0.15) is 22.9 Å². The molecule has 1 aliphatic heterocycles. The number of halogens is 3. The number of nitriles is 1. The van der Waals surface area contributed by atoms with Gasteiger partial charge in [-0.3, -0.25) is 4.79 Å². The number of amides is 2. The van der Waals surface area contributed by atoms with Crippen LogP contribution in [-0.4, -0.2) is 29.5 Å². The van der Waals surface area contributed by atoms with Gasteiger partial charge in [0.05, 0.1) is 17.0 Å². The number of carbonyl (C=O) groups excluding carboxylic acids is 1. The molecule has 31 heavy (non-hydrogen) atoms. The molecule has 0 aliphatic carbocycles. The van der Waals surface area contributed by atoms with E-state index in [1.54, 1.807) is 6.07 Å². The molecule has 2 amide bonds. The van der Waals surface area contributed by atoms with Crippen LogP contribution in [0.3, 0.4) is 0 Å². The average molecular weight is 427 g/mol. The predicted molar refractivity (Wildman–Crippen MR) is 107 cm³/mol. The van der Waals surface area contributed by atoms with Crippen molar-refractivity contribution in [2.75, 3.05) is 18.9 Å². The van der Waals surface area contributed by atoms with Gasteiger partial charge in [0.15, 0.2) is 11.6 Å². The lowest BCUT2D eigenvalue weighted by Crippen LogP contribution is -2.43. The zero-order valence-electron chi connectivity index (χ0n) is 16.2. The summed E-state index contributed by atoms with van der Waals surface area (Å²) in [6.45, 7) is 0.582. The summed E-state index contributed by atoms with van der Waals surface area (Å²) in [5, 5.41) is 14.8. The van der Waals surface area contributed by atoms with Gasteiger partial charge in [0, 0.05) is 37.1 Å². The van der Waals surface area contributed by atoms with Crippen LogP contribution in [-0.2, 0) is 6.54 Å². The third-order valence-electron chi connectivity index (χ3n) is 5.28. The summed E-state index contributed by atoms with van der Waals surface area (Å²) in [5.41, 5.74) is 0.414. The fraction of sp³-hybridized carbons (Fsp3) is 0.190. The van der Waals surface area contributed by atoms with E-state index in [4.69, 9.17) is 5.26 Å². The Labute approximate surface area is 174 Å². The zero-order valence-corrected chi connectivity index (χ0v) is 16.2. The number of rotatable bonds is 2. The first kappa shape index (κ1) is 20.4. The van der Waals surface area contributed by atoms with Gasteiger partial charge < -0.3 is 20.5 Å². The number of likely N-dealkylation sites (N-methyl/N-ethyl adjacent to an activating group) is 1. The van der Waals surface area contributed by atoms with E-state index in [0.717, 1.165) is 18.2 Å². The predicted octanol–water partition coefficient (Wildman–Crippen LogP) is 3.13. The number of nitrogens with one attached hydrogen (secondary N) is 3. The van der Waals surface area contributed by atoms with Gasteiger partial charge in [-0.05, 0) is 35.7 Å². The van der Waals surface area contributed by atoms with Crippen molar-refractivity contribution in [3.63, 3.8) is 0 Å². The van der Waals surface area contributed by atoms with E-state index in [9.17, 15) is 22.8 Å². The smallest absolute Gasteiger partial charge is 0.322 e. The number of carbonyl (C=O) groups is 1. The fourth-order valence-corrected chi connectivity index (χ4v) is 3.72. The van der Waals surface area contributed by atoms with Gasteiger partial charge >= 0.3 is 6.03 Å². The number of fused-ring (bicyclic) bond motifs is 3. The van der Waals surface area contributed by atoms with E-state index in [2.05, 4.69) is 15.6 Å². The summed E-state index contributed by atoms with van der Waals surface area (Å²) < 4.78 is 41.2. The van der Waals surface area contributed by atoms with Crippen molar-refractivity contribution in [2.24, 2.45) is 0 Å². The summed E-state index contributed by atoms with van der Waals surface area (Å²) in [7, 11) is 1.50. The van der Waals surface area contributed by atoms with E-state index in [1.165, 1.54) is 24.1 Å². The number of anilines is 1. The van der Waals surface area contributed by atoms with Crippen molar-refractivity contribution in [2.45, 2.75) is 12.6 Å². The minimum Gasteiger partial charge on any atom is -0.324 e. The van der Waals surface area contributed by atoms with Crippen molar-refractivity contribution in [1.82, 2.24) is 15.2 Å². The molecule has 0 bridgehead atoms. The Kier molecular flexibility index (Phi) is 5.12. The van der Waals surface area contributed by atoms with Crippen LogP contribution in [0.5, 0.6) is 0 Å². The molecule has 1 aromatic heterocycles. The Bertz CT molecular complexity index is 1320. The third-order valence-corrected chi connectivity index (χ3v) is 5.28. The SMILES string of the molecule is CN(C(=O)Nc1ccc(F)c(C#N)c1)C1CNCc2[nH]c(=O)c3cc(F)c(F)cc3c21. The van der Waals surface area contributed by atoms with Crippen LogP contribution >= 0.6 is 0 Å². The van der Waals surface area contributed by atoms with Crippen LogP contribution in [0.2, 0.25) is 0 Å². The normalized spacial score (nSPS) is 15.3. The second-order valence-corrected chi connectivity index (χ2v) is 7.15. The molecule has 1 unspecified atom stereocenters. The van der Waals surface area contributed by atoms with Crippen LogP contribution < -0.4 is 16.2 Å². The number of hydrogen-bond acceptors (Lipinski definition) is 4. The Hall–Kier alpha value is -3.84. The molecule has 3 N–H and O–H groups in total. The number of hydrogen-bond donors (Lipinski definition) is 3. The van der Waals surface area contributed by atoms with Crippen LogP contribution in [0, 0.1) is 28.8 Å². The van der Waals surface area contributed by atoms with Crippen LogP contribution in [0.15, 0.2) is 35.1 Å². The summed E-state index contributed by atoms with van der Waals surface area (Å²) in [6.07, 6.45) is 0. The van der Waals surface area contributed by atoms with Gasteiger partial charge in [-0.1, -0.05) is 0 Å². The van der Waals surface area contributed by atoms with Gasteiger partial charge in [0.2, 0.25) is 0 Å². The van der Waals surface area contributed by atoms with E-state index in [1.807, 2.05) is 0 Å². The monoisotopic (exact) mass is 427 g/mol. The first-order chi connectivity index (χ1) is 14.8. The number of nitrogens with zero attached hydrogens (tertiary/aromatic N) is 2. The molecule has 1 aliphatic rings. The maximum Gasteiger partial charge on any atom is 0.322 e. The minimum absolute atomic E-state index is 0.0180. The molecule has 4 rings (SSSR count). The molecule has 0 fully saturated rings. The molecule has 2 aromatic carbocycles. The molecule has 10 heteroatoms. The van der Waals surface area contributed by atoms with E-state index in [-0.39, 0.29) is 28.6 Å². The van der Waals surface area contributed by atoms with Crippen molar-refractivity contribution in [1.29, 1.82) is 5.26 Å². The summed E-state index contributed by atoms with van der Waals surface area (Å²) in [4.78, 5) is 29.2. The Morgan fingerprint density at radius 3 is 2.58 bits per heavy atom. The molecule has 158 valence electrons. The number of pyridine rings is 1. The van der Waals surface area contributed by atoms with Crippen molar-refractivity contribution < 1.29 is 18.0 Å². The highest BCUT2D eigenvalue weighted by Gasteiger charge is 2.30. The quantitative estimate of drug-likeness (QED) is 0.585. The molecule has 0 saturated heterocycles. The lowest BCUT2D eigenvalue weighted by Gasteiger charge is -2.34. The van der Waals surface area contributed by atoms with Crippen LogP contribution in [0.4, 0.5) is 23.7 Å². The molecule has 3 aromatic rings. The summed E-state index contributed by atoms with van der Waals surface area (Å²) >= 11 is 0. The highest BCUT2D eigenvalue weighted by atomic mass is 19.2. The first-order valence-electron chi connectivity index (χ1n) is 9.28. The maximum atomic E-state index is 14.0. The number of urea groups is 1. The molecule has 2 heterocycles. The van der Waals surface area contributed by atoms with E-state index < -0.39 is 35.1 Å². The van der Waals surface area contributed by atoms with Gasteiger partial charge in [-0.25, -0.2) is 18.0 Å². The van der Waals surface area contributed by atoms with Gasteiger partial charge in [-0.15, -0.1) is 0 Å². The van der Waals surface area contributed by atoms with Gasteiger partial charge in [0.25, 0.3) is 5.56 Å². The third kappa shape index (κ3) is 3.60.